The van der Waals surface area contributed by atoms with Gasteiger partial charge in [0.1, 0.15) is 5.82 Å². The van der Waals surface area contributed by atoms with E-state index in [1.807, 2.05) is 0 Å². The first-order chi connectivity index (χ1) is 9.65. The molecule has 0 bridgehead atoms. The molecule has 20 heavy (non-hydrogen) atoms. The number of hydrogen-bond acceptors (Lipinski definition) is 2. The quantitative estimate of drug-likeness (QED) is 0.901. The third-order valence-electron chi connectivity index (χ3n) is 4.25. The molecule has 2 nitrogen and oxygen atoms in total. The van der Waals surface area contributed by atoms with Gasteiger partial charge in [0.25, 0.3) is 0 Å². The van der Waals surface area contributed by atoms with E-state index < -0.39 is 10.8 Å². The van der Waals surface area contributed by atoms with E-state index in [9.17, 15) is 8.60 Å². The van der Waals surface area contributed by atoms with Gasteiger partial charge < -0.3 is 5.32 Å². The molecule has 4 unspecified atom stereocenters. The lowest BCUT2D eigenvalue weighted by Gasteiger charge is -2.35. The zero-order valence-corrected chi connectivity index (χ0v) is 13.1. The Morgan fingerprint density at radius 1 is 1.35 bits per heavy atom. The lowest BCUT2D eigenvalue weighted by molar-refractivity contribution is 0.294. The molecule has 1 N–H and O–H groups in total. The van der Waals surface area contributed by atoms with Crippen molar-refractivity contribution in [2.24, 2.45) is 5.92 Å². The largest absolute Gasteiger partial charge is 0.313 e. The van der Waals surface area contributed by atoms with Crippen molar-refractivity contribution in [2.45, 2.75) is 55.7 Å². The summed E-state index contributed by atoms with van der Waals surface area (Å²) in [4.78, 5) is 0.620. The maximum Gasteiger partial charge on any atom is 0.124 e. The van der Waals surface area contributed by atoms with E-state index in [2.05, 4.69) is 19.2 Å². The van der Waals surface area contributed by atoms with Crippen LogP contribution in [0.15, 0.2) is 29.2 Å². The van der Waals surface area contributed by atoms with Crippen molar-refractivity contribution in [2.75, 3.05) is 6.54 Å². The second-order valence-corrected chi connectivity index (χ2v) is 7.22. The molecule has 0 aliphatic heterocycles. The maximum atomic E-state index is 13.3. The third-order valence-corrected chi connectivity index (χ3v) is 6.04. The highest BCUT2D eigenvalue weighted by Gasteiger charge is 2.33. The molecule has 1 fully saturated rings. The Bertz CT molecular complexity index is 466. The van der Waals surface area contributed by atoms with Crippen LogP contribution >= 0.6 is 0 Å². The molecule has 1 aliphatic carbocycles. The van der Waals surface area contributed by atoms with Crippen LogP contribution in [-0.4, -0.2) is 22.0 Å². The van der Waals surface area contributed by atoms with E-state index in [1.165, 1.54) is 18.6 Å². The van der Waals surface area contributed by atoms with Crippen LogP contribution in [0.1, 0.15) is 39.5 Å². The molecule has 1 aromatic rings. The highest BCUT2D eigenvalue weighted by atomic mass is 32.2. The smallest absolute Gasteiger partial charge is 0.124 e. The molecule has 0 spiro atoms. The minimum absolute atomic E-state index is 0.0930. The number of nitrogens with one attached hydrogen (secondary N) is 1. The van der Waals surface area contributed by atoms with E-state index in [1.54, 1.807) is 12.1 Å². The topological polar surface area (TPSA) is 29.1 Å². The molecule has 1 aromatic carbocycles. The van der Waals surface area contributed by atoms with Crippen molar-refractivity contribution in [3.05, 3.63) is 30.1 Å². The van der Waals surface area contributed by atoms with E-state index in [4.69, 9.17) is 0 Å². The van der Waals surface area contributed by atoms with E-state index in [0.717, 1.165) is 25.8 Å². The molecular weight excluding hydrogens is 273 g/mol. The van der Waals surface area contributed by atoms with Gasteiger partial charge in [0.05, 0.1) is 16.0 Å². The van der Waals surface area contributed by atoms with Gasteiger partial charge in [-0.3, -0.25) is 4.21 Å². The SMILES string of the molecule is CCNC1CCC(CC)CC1S(=O)c1cccc(F)c1. The van der Waals surface area contributed by atoms with Crippen molar-refractivity contribution in [1.82, 2.24) is 5.32 Å². The summed E-state index contributed by atoms with van der Waals surface area (Å²) < 4.78 is 26.1. The summed E-state index contributed by atoms with van der Waals surface area (Å²) >= 11 is 0. The highest BCUT2D eigenvalue weighted by Crippen LogP contribution is 2.32. The van der Waals surface area contributed by atoms with E-state index >= 15 is 0 Å². The van der Waals surface area contributed by atoms with Crippen molar-refractivity contribution >= 4 is 10.8 Å². The molecule has 0 radical (unpaired) electrons. The van der Waals surface area contributed by atoms with Crippen molar-refractivity contribution in [3.8, 4) is 0 Å². The van der Waals surface area contributed by atoms with Gasteiger partial charge in [-0.05, 0) is 49.9 Å². The Labute approximate surface area is 123 Å². The first kappa shape index (κ1) is 15.6. The van der Waals surface area contributed by atoms with Gasteiger partial charge in [-0.15, -0.1) is 0 Å². The average Bonchev–Trinajstić information content (AvgIpc) is 2.47. The molecular formula is C16H24FNOS. The molecule has 4 atom stereocenters. The summed E-state index contributed by atoms with van der Waals surface area (Å²) in [6.07, 6.45) is 4.37. The fraction of sp³-hybridized carbons (Fsp3) is 0.625. The third kappa shape index (κ3) is 3.67. The average molecular weight is 297 g/mol. The van der Waals surface area contributed by atoms with Gasteiger partial charge in [0.15, 0.2) is 0 Å². The predicted octanol–water partition coefficient (Wildman–Crippen LogP) is 3.49. The number of hydrogen-bond donors (Lipinski definition) is 1. The molecule has 1 aliphatic rings. The Balaban J connectivity index is 2.18. The van der Waals surface area contributed by atoms with Crippen LogP contribution in [0.3, 0.4) is 0 Å². The van der Waals surface area contributed by atoms with Crippen LogP contribution in [0.5, 0.6) is 0 Å². The summed E-state index contributed by atoms with van der Waals surface area (Å²) in [6.45, 7) is 5.16. The van der Waals surface area contributed by atoms with Crippen LogP contribution in [0.25, 0.3) is 0 Å². The predicted molar refractivity (Wildman–Crippen MR) is 81.7 cm³/mol. The fourth-order valence-electron chi connectivity index (χ4n) is 3.08. The first-order valence-electron chi connectivity index (χ1n) is 7.55. The van der Waals surface area contributed by atoms with Crippen molar-refractivity contribution in [3.63, 3.8) is 0 Å². The molecule has 0 amide bonds. The normalized spacial score (nSPS) is 28.2. The van der Waals surface area contributed by atoms with Crippen LogP contribution in [-0.2, 0) is 10.8 Å². The van der Waals surface area contributed by atoms with Crippen LogP contribution in [0.2, 0.25) is 0 Å². The Morgan fingerprint density at radius 2 is 2.15 bits per heavy atom. The first-order valence-corrected chi connectivity index (χ1v) is 8.76. The number of rotatable bonds is 5. The monoisotopic (exact) mass is 297 g/mol. The van der Waals surface area contributed by atoms with Gasteiger partial charge in [-0.1, -0.05) is 26.3 Å². The zero-order valence-electron chi connectivity index (χ0n) is 12.3. The lowest BCUT2D eigenvalue weighted by Crippen LogP contribution is -2.46. The van der Waals surface area contributed by atoms with Crippen molar-refractivity contribution in [1.29, 1.82) is 0 Å². The minimum atomic E-state index is -1.14. The number of halogens is 1. The minimum Gasteiger partial charge on any atom is -0.313 e. The summed E-state index contributed by atoms with van der Waals surface area (Å²) in [5, 5.41) is 3.55. The molecule has 0 heterocycles. The van der Waals surface area contributed by atoms with E-state index in [-0.39, 0.29) is 17.1 Å². The van der Waals surface area contributed by atoms with Gasteiger partial charge in [-0.2, -0.15) is 0 Å². The Morgan fingerprint density at radius 3 is 2.80 bits per heavy atom. The molecule has 4 heteroatoms. The summed E-state index contributed by atoms with van der Waals surface area (Å²) in [5.41, 5.74) is 0. The van der Waals surface area contributed by atoms with Crippen LogP contribution < -0.4 is 5.32 Å². The lowest BCUT2D eigenvalue weighted by atomic mass is 9.84. The maximum absolute atomic E-state index is 13.3. The highest BCUT2D eigenvalue weighted by molar-refractivity contribution is 7.85. The van der Waals surface area contributed by atoms with Gasteiger partial charge in [-0.25, -0.2) is 4.39 Å². The molecule has 0 saturated heterocycles. The standard InChI is InChI=1S/C16H24FNOS/c1-3-12-8-9-15(18-4-2)16(10-12)20(19)14-7-5-6-13(17)11-14/h5-7,11-12,15-16,18H,3-4,8-10H2,1-2H3. The second kappa shape index (κ2) is 7.32. The summed E-state index contributed by atoms with van der Waals surface area (Å²) in [7, 11) is -1.14. The van der Waals surface area contributed by atoms with Gasteiger partial charge >= 0.3 is 0 Å². The molecule has 2 rings (SSSR count). The molecule has 112 valence electrons. The molecule has 0 aromatic heterocycles. The van der Waals surface area contributed by atoms with Crippen molar-refractivity contribution < 1.29 is 8.60 Å². The Kier molecular flexibility index (Phi) is 5.73. The van der Waals surface area contributed by atoms with Crippen LogP contribution in [0.4, 0.5) is 4.39 Å². The molecule has 1 saturated carbocycles. The van der Waals surface area contributed by atoms with E-state index in [0.29, 0.717) is 10.8 Å². The van der Waals surface area contributed by atoms with Crippen LogP contribution in [0, 0.1) is 11.7 Å². The Hall–Kier alpha value is -0.740. The van der Waals surface area contributed by atoms with Gasteiger partial charge in [0.2, 0.25) is 0 Å². The fourth-order valence-corrected chi connectivity index (χ4v) is 4.85. The second-order valence-electron chi connectivity index (χ2n) is 5.54. The van der Waals surface area contributed by atoms with Gasteiger partial charge in [0, 0.05) is 10.9 Å². The summed E-state index contributed by atoms with van der Waals surface area (Å²) in [6, 6.07) is 6.52. The number of benzene rings is 1. The zero-order chi connectivity index (χ0) is 14.5. The summed E-state index contributed by atoms with van der Waals surface area (Å²) in [5.74, 6) is 0.339.